The Morgan fingerprint density at radius 2 is 1.83 bits per heavy atom. The molecular formula is C14H23N3O. The van der Waals surface area contributed by atoms with Gasteiger partial charge in [-0.1, -0.05) is 6.92 Å². The Bertz CT molecular complexity index is 360. The Kier molecular flexibility index (Phi) is 6.22. The van der Waals surface area contributed by atoms with Gasteiger partial charge in [-0.25, -0.2) is 0 Å². The van der Waals surface area contributed by atoms with Crippen LogP contribution in [0.3, 0.4) is 0 Å². The monoisotopic (exact) mass is 249 g/mol. The molecule has 0 aliphatic heterocycles. The zero-order valence-electron chi connectivity index (χ0n) is 11.5. The lowest BCUT2D eigenvalue weighted by molar-refractivity contribution is -0.116. The summed E-state index contributed by atoms with van der Waals surface area (Å²) in [5.74, 6) is 0.0520. The summed E-state index contributed by atoms with van der Waals surface area (Å²) in [6.45, 7) is 3.81. The molecule has 0 atom stereocenters. The van der Waals surface area contributed by atoms with Crippen LogP contribution in [0.15, 0.2) is 24.3 Å². The minimum atomic E-state index is 0.0520. The lowest BCUT2D eigenvalue weighted by Gasteiger charge is -2.13. The van der Waals surface area contributed by atoms with E-state index in [-0.39, 0.29) is 5.91 Å². The van der Waals surface area contributed by atoms with Crippen molar-refractivity contribution in [1.29, 1.82) is 0 Å². The van der Waals surface area contributed by atoms with Gasteiger partial charge in [-0.2, -0.15) is 0 Å². The largest absolute Gasteiger partial charge is 0.378 e. The van der Waals surface area contributed by atoms with Crippen LogP contribution in [0.4, 0.5) is 11.4 Å². The molecule has 0 spiro atoms. The van der Waals surface area contributed by atoms with E-state index in [2.05, 4.69) is 17.6 Å². The van der Waals surface area contributed by atoms with Crippen LogP contribution in [-0.2, 0) is 4.79 Å². The van der Waals surface area contributed by atoms with Crippen LogP contribution in [0, 0.1) is 0 Å². The molecule has 18 heavy (non-hydrogen) atoms. The van der Waals surface area contributed by atoms with Gasteiger partial charge in [0.05, 0.1) is 0 Å². The summed E-state index contributed by atoms with van der Waals surface area (Å²) in [6, 6.07) is 7.83. The molecule has 2 N–H and O–H groups in total. The molecule has 0 unspecified atom stereocenters. The fourth-order valence-electron chi connectivity index (χ4n) is 1.57. The van der Waals surface area contributed by atoms with Crippen molar-refractivity contribution in [3.8, 4) is 0 Å². The van der Waals surface area contributed by atoms with Crippen molar-refractivity contribution in [2.24, 2.45) is 0 Å². The lowest BCUT2D eigenvalue weighted by atomic mass is 10.2. The fraction of sp³-hybridized carbons (Fsp3) is 0.500. The minimum Gasteiger partial charge on any atom is -0.378 e. The zero-order chi connectivity index (χ0) is 13.4. The van der Waals surface area contributed by atoms with E-state index in [0.29, 0.717) is 6.42 Å². The van der Waals surface area contributed by atoms with Crippen LogP contribution < -0.4 is 15.5 Å². The number of rotatable bonds is 7. The lowest BCUT2D eigenvalue weighted by Crippen LogP contribution is -2.22. The Morgan fingerprint density at radius 3 is 2.39 bits per heavy atom. The summed E-state index contributed by atoms with van der Waals surface area (Å²) in [5, 5.41) is 6.10. The third kappa shape index (κ3) is 5.19. The zero-order valence-corrected chi connectivity index (χ0v) is 11.5. The summed E-state index contributed by atoms with van der Waals surface area (Å²) in [7, 11) is 3.99. The average Bonchev–Trinajstić information content (AvgIpc) is 2.35. The van der Waals surface area contributed by atoms with E-state index in [1.54, 1.807) is 0 Å². The van der Waals surface area contributed by atoms with Crippen LogP contribution in [0.25, 0.3) is 0 Å². The van der Waals surface area contributed by atoms with Gasteiger partial charge in [-0.3, -0.25) is 4.79 Å². The third-order valence-corrected chi connectivity index (χ3v) is 2.62. The molecule has 0 aliphatic carbocycles. The highest BCUT2D eigenvalue weighted by molar-refractivity contribution is 5.90. The van der Waals surface area contributed by atoms with Crippen LogP contribution in [0.5, 0.6) is 0 Å². The summed E-state index contributed by atoms with van der Waals surface area (Å²) in [4.78, 5) is 13.7. The standard InChI is InChI=1S/C14H23N3O/c1-4-10-15-11-9-14(18)16-12-5-7-13(8-6-12)17(2)3/h5-8,15H,4,9-11H2,1-3H3,(H,16,18). The predicted molar refractivity (Wildman–Crippen MR) is 77.2 cm³/mol. The molecule has 1 aromatic carbocycles. The minimum absolute atomic E-state index is 0.0520. The van der Waals surface area contributed by atoms with Crippen molar-refractivity contribution in [3.63, 3.8) is 0 Å². The van der Waals surface area contributed by atoms with Gasteiger partial charge >= 0.3 is 0 Å². The highest BCUT2D eigenvalue weighted by Crippen LogP contribution is 2.15. The second-order valence-corrected chi connectivity index (χ2v) is 4.49. The molecule has 0 aromatic heterocycles. The first-order valence-corrected chi connectivity index (χ1v) is 6.41. The van der Waals surface area contributed by atoms with Crippen LogP contribution >= 0.6 is 0 Å². The van der Waals surface area contributed by atoms with E-state index in [1.807, 2.05) is 43.3 Å². The number of hydrogen-bond acceptors (Lipinski definition) is 3. The van der Waals surface area contributed by atoms with Crippen molar-refractivity contribution in [2.45, 2.75) is 19.8 Å². The maximum atomic E-state index is 11.6. The number of nitrogens with one attached hydrogen (secondary N) is 2. The maximum Gasteiger partial charge on any atom is 0.225 e. The van der Waals surface area contributed by atoms with E-state index >= 15 is 0 Å². The molecule has 0 bridgehead atoms. The quantitative estimate of drug-likeness (QED) is 0.727. The summed E-state index contributed by atoms with van der Waals surface area (Å²) >= 11 is 0. The normalized spacial score (nSPS) is 10.2. The first-order valence-electron chi connectivity index (χ1n) is 6.41. The maximum absolute atomic E-state index is 11.6. The molecule has 0 fully saturated rings. The van der Waals surface area contributed by atoms with Crippen LogP contribution in [0.1, 0.15) is 19.8 Å². The van der Waals surface area contributed by atoms with Gasteiger partial charge in [-0.05, 0) is 37.2 Å². The Labute approximate surface area is 109 Å². The van der Waals surface area contributed by atoms with E-state index in [1.165, 1.54) is 0 Å². The van der Waals surface area contributed by atoms with Gasteiger partial charge in [0, 0.05) is 38.4 Å². The molecule has 4 heteroatoms. The smallest absolute Gasteiger partial charge is 0.225 e. The molecule has 0 radical (unpaired) electrons. The molecule has 4 nitrogen and oxygen atoms in total. The third-order valence-electron chi connectivity index (χ3n) is 2.62. The molecular weight excluding hydrogens is 226 g/mol. The topological polar surface area (TPSA) is 44.4 Å². The van der Waals surface area contributed by atoms with Crippen molar-refractivity contribution in [1.82, 2.24) is 5.32 Å². The van der Waals surface area contributed by atoms with Crippen LogP contribution in [-0.4, -0.2) is 33.1 Å². The van der Waals surface area contributed by atoms with Crippen molar-refractivity contribution in [2.75, 3.05) is 37.4 Å². The highest BCUT2D eigenvalue weighted by atomic mass is 16.1. The highest BCUT2D eigenvalue weighted by Gasteiger charge is 2.02. The second-order valence-electron chi connectivity index (χ2n) is 4.49. The summed E-state index contributed by atoms with van der Waals surface area (Å²) in [6.07, 6.45) is 1.60. The van der Waals surface area contributed by atoms with Crippen molar-refractivity contribution >= 4 is 17.3 Å². The van der Waals surface area contributed by atoms with Gasteiger partial charge in [0.1, 0.15) is 0 Å². The number of amides is 1. The number of carbonyl (C=O) groups excluding carboxylic acids is 1. The molecule has 0 aliphatic rings. The van der Waals surface area contributed by atoms with Gasteiger partial charge in [0.15, 0.2) is 0 Å². The molecule has 1 rings (SSSR count). The van der Waals surface area contributed by atoms with E-state index < -0.39 is 0 Å². The first kappa shape index (κ1) is 14.5. The Hall–Kier alpha value is -1.55. The Balaban J connectivity index is 2.35. The van der Waals surface area contributed by atoms with Crippen molar-refractivity contribution in [3.05, 3.63) is 24.3 Å². The SMILES string of the molecule is CCCNCCC(=O)Nc1ccc(N(C)C)cc1. The van der Waals surface area contributed by atoms with Crippen molar-refractivity contribution < 1.29 is 4.79 Å². The van der Waals surface area contributed by atoms with Gasteiger partial charge < -0.3 is 15.5 Å². The molecule has 0 heterocycles. The van der Waals surface area contributed by atoms with Gasteiger partial charge in [0.25, 0.3) is 0 Å². The number of anilines is 2. The fourth-order valence-corrected chi connectivity index (χ4v) is 1.57. The number of benzene rings is 1. The van der Waals surface area contributed by atoms with Crippen LogP contribution in [0.2, 0.25) is 0 Å². The second kappa shape index (κ2) is 7.71. The summed E-state index contributed by atoms with van der Waals surface area (Å²) < 4.78 is 0. The van der Waals surface area contributed by atoms with Gasteiger partial charge in [0.2, 0.25) is 5.91 Å². The number of carbonyl (C=O) groups is 1. The molecule has 100 valence electrons. The number of nitrogens with zero attached hydrogens (tertiary/aromatic N) is 1. The first-order chi connectivity index (χ1) is 8.63. The number of hydrogen-bond donors (Lipinski definition) is 2. The van der Waals surface area contributed by atoms with E-state index in [4.69, 9.17) is 0 Å². The van der Waals surface area contributed by atoms with E-state index in [9.17, 15) is 4.79 Å². The summed E-state index contributed by atoms with van der Waals surface area (Å²) in [5.41, 5.74) is 1.97. The predicted octanol–water partition coefficient (Wildman–Crippen LogP) is 2.08. The van der Waals surface area contributed by atoms with E-state index in [0.717, 1.165) is 30.9 Å². The average molecular weight is 249 g/mol. The van der Waals surface area contributed by atoms with Gasteiger partial charge in [-0.15, -0.1) is 0 Å². The molecule has 0 saturated carbocycles. The Morgan fingerprint density at radius 1 is 1.17 bits per heavy atom. The molecule has 1 aromatic rings. The molecule has 0 saturated heterocycles. The molecule has 1 amide bonds.